The van der Waals surface area contributed by atoms with E-state index in [1.165, 1.54) is 23.1 Å². The van der Waals surface area contributed by atoms with Crippen LogP contribution in [-0.2, 0) is 9.53 Å². The van der Waals surface area contributed by atoms with Gasteiger partial charge in [0.25, 0.3) is 17.7 Å². The SMILES string of the molecule is CCCCN1C(=O)c2ccc(C(=O)OCC(=O)Nc3ccccc3C(C)C)cc2C1=O. The monoisotopic (exact) mass is 422 g/mol. The Morgan fingerprint density at radius 3 is 2.45 bits per heavy atom. The second-order valence-corrected chi connectivity index (χ2v) is 7.74. The van der Waals surface area contributed by atoms with Gasteiger partial charge in [0, 0.05) is 12.2 Å². The molecule has 0 saturated carbocycles. The summed E-state index contributed by atoms with van der Waals surface area (Å²) in [6.07, 6.45) is 1.57. The Bertz CT molecular complexity index is 1030. The van der Waals surface area contributed by atoms with Gasteiger partial charge in [-0.25, -0.2) is 4.79 Å². The van der Waals surface area contributed by atoms with Gasteiger partial charge in [0.05, 0.1) is 16.7 Å². The number of anilines is 1. The fourth-order valence-electron chi connectivity index (χ4n) is 3.45. The molecule has 7 nitrogen and oxygen atoms in total. The highest BCUT2D eigenvalue weighted by molar-refractivity contribution is 6.22. The summed E-state index contributed by atoms with van der Waals surface area (Å²) in [5.41, 5.74) is 2.24. The van der Waals surface area contributed by atoms with Crippen LogP contribution in [0, 0.1) is 0 Å². The van der Waals surface area contributed by atoms with Gasteiger partial charge in [-0.15, -0.1) is 0 Å². The Labute approximate surface area is 181 Å². The molecule has 0 aliphatic carbocycles. The number of benzene rings is 2. The number of carbonyl (C=O) groups is 4. The Balaban J connectivity index is 1.64. The third-order valence-corrected chi connectivity index (χ3v) is 5.13. The predicted molar refractivity (Wildman–Crippen MR) is 116 cm³/mol. The number of rotatable bonds is 8. The molecule has 1 heterocycles. The number of imide groups is 1. The molecule has 0 saturated heterocycles. The number of esters is 1. The van der Waals surface area contributed by atoms with Gasteiger partial charge in [0.2, 0.25) is 0 Å². The van der Waals surface area contributed by atoms with E-state index in [2.05, 4.69) is 5.32 Å². The van der Waals surface area contributed by atoms with Crippen molar-refractivity contribution >= 4 is 29.4 Å². The highest BCUT2D eigenvalue weighted by Gasteiger charge is 2.35. The predicted octanol–water partition coefficient (Wildman–Crippen LogP) is 4.00. The molecule has 1 N–H and O–H groups in total. The quantitative estimate of drug-likeness (QED) is 0.513. The number of amides is 3. The van der Waals surface area contributed by atoms with Crippen LogP contribution in [-0.4, -0.2) is 41.7 Å². The first kappa shape index (κ1) is 22.2. The lowest BCUT2D eigenvalue weighted by molar-refractivity contribution is -0.119. The first-order chi connectivity index (χ1) is 14.8. The van der Waals surface area contributed by atoms with Crippen molar-refractivity contribution in [3.05, 3.63) is 64.7 Å². The molecule has 162 valence electrons. The molecular formula is C24H26N2O5. The number of hydrogen-bond donors (Lipinski definition) is 1. The number of nitrogens with one attached hydrogen (secondary N) is 1. The second-order valence-electron chi connectivity index (χ2n) is 7.74. The summed E-state index contributed by atoms with van der Waals surface area (Å²) in [6, 6.07) is 11.7. The zero-order valence-corrected chi connectivity index (χ0v) is 17.9. The van der Waals surface area contributed by atoms with Gasteiger partial charge in [-0.2, -0.15) is 0 Å². The normalized spacial score (nSPS) is 12.8. The first-order valence-corrected chi connectivity index (χ1v) is 10.4. The van der Waals surface area contributed by atoms with E-state index in [1.54, 1.807) is 6.07 Å². The van der Waals surface area contributed by atoms with Crippen LogP contribution in [0.25, 0.3) is 0 Å². The summed E-state index contributed by atoms with van der Waals surface area (Å²) < 4.78 is 5.12. The molecule has 0 fully saturated rings. The first-order valence-electron chi connectivity index (χ1n) is 10.4. The molecule has 0 atom stereocenters. The minimum atomic E-state index is -0.734. The number of fused-ring (bicyclic) bond motifs is 1. The number of para-hydroxylation sites is 1. The minimum absolute atomic E-state index is 0.118. The van der Waals surface area contributed by atoms with E-state index in [0.717, 1.165) is 18.4 Å². The summed E-state index contributed by atoms with van der Waals surface area (Å²) in [7, 11) is 0. The van der Waals surface area contributed by atoms with Crippen LogP contribution in [0.4, 0.5) is 5.69 Å². The number of hydrogen-bond acceptors (Lipinski definition) is 5. The molecule has 3 amide bonds. The Hall–Kier alpha value is -3.48. The van der Waals surface area contributed by atoms with E-state index in [-0.39, 0.29) is 28.5 Å². The van der Waals surface area contributed by atoms with Crippen LogP contribution < -0.4 is 5.32 Å². The van der Waals surface area contributed by atoms with E-state index in [4.69, 9.17) is 4.74 Å². The smallest absolute Gasteiger partial charge is 0.338 e. The van der Waals surface area contributed by atoms with Gasteiger partial charge in [-0.05, 0) is 42.2 Å². The number of nitrogens with zero attached hydrogens (tertiary/aromatic N) is 1. The zero-order chi connectivity index (χ0) is 22.5. The van der Waals surface area contributed by atoms with Gasteiger partial charge < -0.3 is 10.1 Å². The molecule has 7 heteroatoms. The summed E-state index contributed by atoms with van der Waals surface area (Å²) in [6.45, 7) is 5.91. The molecular weight excluding hydrogens is 396 g/mol. The number of unbranched alkanes of at least 4 members (excludes halogenated alkanes) is 1. The molecule has 1 aliphatic heterocycles. The number of carbonyl (C=O) groups excluding carboxylic acids is 4. The molecule has 0 unspecified atom stereocenters. The zero-order valence-electron chi connectivity index (χ0n) is 17.9. The highest BCUT2D eigenvalue weighted by atomic mass is 16.5. The lowest BCUT2D eigenvalue weighted by Gasteiger charge is -2.13. The Morgan fingerprint density at radius 1 is 1.03 bits per heavy atom. The topological polar surface area (TPSA) is 92.8 Å². The Kier molecular flexibility index (Phi) is 6.84. The average molecular weight is 422 g/mol. The third kappa shape index (κ3) is 4.82. The van der Waals surface area contributed by atoms with Crippen molar-refractivity contribution < 1.29 is 23.9 Å². The maximum Gasteiger partial charge on any atom is 0.338 e. The third-order valence-electron chi connectivity index (χ3n) is 5.13. The lowest BCUT2D eigenvalue weighted by Crippen LogP contribution is -2.30. The van der Waals surface area contributed by atoms with Gasteiger partial charge in [0.1, 0.15) is 0 Å². The van der Waals surface area contributed by atoms with Crippen LogP contribution in [0.15, 0.2) is 42.5 Å². The van der Waals surface area contributed by atoms with Crippen LogP contribution in [0.2, 0.25) is 0 Å². The lowest BCUT2D eigenvalue weighted by atomic mass is 10.0. The maximum absolute atomic E-state index is 12.5. The van der Waals surface area contributed by atoms with Crippen molar-refractivity contribution in [2.45, 2.75) is 39.5 Å². The van der Waals surface area contributed by atoms with Crippen molar-refractivity contribution in [1.82, 2.24) is 4.90 Å². The standard InChI is InChI=1S/C24H26N2O5/c1-4-5-12-26-22(28)18-11-10-16(13-19(18)23(26)29)24(30)31-14-21(27)25-20-9-7-6-8-17(20)15(2)3/h6-11,13,15H,4-5,12,14H2,1-3H3,(H,25,27). The molecule has 1 aliphatic rings. The van der Waals surface area contributed by atoms with Crippen LogP contribution in [0.3, 0.4) is 0 Å². The summed E-state index contributed by atoms with van der Waals surface area (Å²) in [5, 5.41) is 2.76. The molecule has 31 heavy (non-hydrogen) atoms. The van der Waals surface area contributed by atoms with Crippen molar-refractivity contribution in [2.24, 2.45) is 0 Å². The maximum atomic E-state index is 12.5. The van der Waals surface area contributed by atoms with Crippen molar-refractivity contribution in [1.29, 1.82) is 0 Å². The van der Waals surface area contributed by atoms with E-state index in [9.17, 15) is 19.2 Å². The molecule has 0 bridgehead atoms. The van der Waals surface area contributed by atoms with Gasteiger partial charge in [-0.3, -0.25) is 19.3 Å². The molecule has 2 aromatic carbocycles. The fourth-order valence-corrected chi connectivity index (χ4v) is 3.45. The van der Waals surface area contributed by atoms with Gasteiger partial charge in [-0.1, -0.05) is 45.4 Å². The molecule has 0 aromatic heterocycles. The van der Waals surface area contributed by atoms with E-state index < -0.39 is 24.4 Å². The van der Waals surface area contributed by atoms with Crippen LogP contribution in [0.5, 0.6) is 0 Å². The summed E-state index contributed by atoms with van der Waals surface area (Å²) in [5.74, 6) is -1.73. The molecule has 0 spiro atoms. The largest absolute Gasteiger partial charge is 0.452 e. The van der Waals surface area contributed by atoms with Crippen LogP contribution >= 0.6 is 0 Å². The average Bonchev–Trinajstić information content (AvgIpc) is 3.00. The molecule has 3 rings (SSSR count). The van der Waals surface area contributed by atoms with Gasteiger partial charge >= 0.3 is 5.97 Å². The van der Waals surface area contributed by atoms with Crippen molar-refractivity contribution in [3.8, 4) is 0 Å². The molecule has 2 aromatic rings. The summed E-state index contributed by atoms with van der Waals surface area (Å²) in [4.78, 5) is 50.8. The number of ether oxygens (including phenoxy) is 1. The van der Waals surface area contributed by atoms with Crippen molar-refractivity contribution in [3.63, 3.8) is 0 Å². The van der Waals surface area contributed by atoms with Crippen molar-refractivity contribution in [2.75, 3.05) is 18.5 Å². The highest BCUT2D eigenvalue weighted by Crippen LogP contribution is 2.25. The Morgan fingerprint density at radius 2 is 1.74 bits per heavy atom. The van der Waals surface area contributed by atoms with Crippen LogP contribution in [0.1, 0.15) is 76.2 Å². The second kappa shape index (κ2) is 9.55. The van der Waals surface area contributed by atoms with E-state index in [1.807, 2.05) is 39.0 Å². The fraction of sp³-hybridized carbons (Fsp3) is 0.333. The summed E-state index contributed by atoms with van der Waals surface area (Å²) >= 11 is 0. The molecule has 0 radical (unpaired) electrons. The minimum Gasteiger partial charge on any atom is -0.452 e. The van der Waals surface area contributed by atoms with E-state index >= 15 is 0 Å². The van der Waals surface area contributed by atoms with E-state index in [0.29, 0.717) is 12.2 Å². The van der Waals surface area contributed by atoms with Gasteiger partial charge in [0.15, 0.2) is 6.61 Å².